The van der Waals surface area contributed by atoms with E-state index in [9.17, 15) is 0 Å². The lowest BCUT2D eigenvalue weighted by atomic mass is 9.93. The molecule has 0 fully saturated rings. The van der Waals surface area contributed by atoms with E-state index in [1.807, 2.05) is 18.2 Å². The van der Waals surface area contributed by atoms with Gasteiger partial charge in [0.05, 0.1) is 11.4 Å². The summed E-state index contributed by atoms with van der Waals surface area (Å²) in [6, 6.07) is 61.8. The zero-order valence-corrected chi connectivity index (χ0v) is 30.7. The van der Waals surface area contributed by atoms with Crippen molar-refractivity contribution in [1.29, 1.82) is 0 Å². The van der Waals surface area contributed by atoms with E-state index in [-0.39, 0.29) is 0 Å². The van der Waals surface area contributed by atoms with Crippen molar-refractivity contribution in [2.75, 3.05) is 0 Å². The summed E-state index contributed by atoms with van der Waals surface area (Å²) in [5.74, 6) is 0.637. The summed E-state index contributed by atoms with van der Waals surface area (Å²) in [5, 5.41) is 11.2. The maximum atomic E-state index is 6.72. The molecule has 4 nitrogen and oxygen atoms in total. The van der Waals surface area contributed by atoms with Gasteiger partial charge in [0.25, 0.3) is 0 Å². The van der Waals surface area contributed by atoms with Crippen molar-refractivity contribution in [1.82, 2.24) is 0 Å². The number of para-hydroxylation sites is 1. The monoisotopic (exact) mass is 728 g/mol. The maximum absolute atomic E-state index is 6.72. The van der Waals surface area contributed by atoms with E-state index in [1.54, 1.807) is 0 Å². The van der Waals surface area contributed by atoms with E-state index >= 15 is 0 Å². The standard InChI is InChI=1S/C53H32N2O2/c1-2-13-33(14-3-1)45-27-28-46(44-30-34-15-5-6-16-36(34)39-18-8-9-19-40(39)44)55-53(54-45)51-37(26-29-48-50(51)43-20-10-11-21-47(43)56-48)35-23-24-41-42-25-22-32-12-4-7-17-38(32)52(42)57-49(41)31-35/h1-26,28-31H,27H2. The second-order valence-electron chi connectivity index (χ2n) is 14.8. The Balaban J connectivity index is 1.16. The van der Waals surface area contributed by atoms with Crippen molar-refractivity contribution in [3.63, 3.8) is 0 Å². The van der Waals surface area contributed by atoms with E-state index < -0.39 is 0 Å². The van der Waals surface area contributed by atoms with Crippen LogP contribution in [-0.2, 0) is 0 Å². The predicted molar refractivity (Wildman–Crippen MR) is 238 cm³/mol. The SMILES string of the molecule is C1=C(c2cc3ccccc3c3ccccc23)N=C(c2c(-c3ccc4c(c3)oc3c5ccccc5ccc43)ccc3oc4ccccc4c23)N=C(c2ccccc2)C1. The van der Waals surface area contributed by atoms with Gasteiger partial charge in [0, 0.05) is 44.5 Å². The van der Waals surface area contributed by atoms with E-state index in [1.165, 1.54) is 16.2 Å². The molecule has 0 atom stereocenters. The van der Waals surface area contributed by atoms with Crippen molar-refractivity contribution >= 4 is 93.4 Å². The predicted octanol–water partition coefficient (Wildman–Crippen LogP) is 14.3. The number of rotatable bonds is 4. The number of hydrogen-bond acceptors (Lipinski definition) is 4. The third kappa shape index (κ3) is 5.01. The molecule has 0 aliphatic carbocycles. The molecule has 0 saturated heterocycles. The second kappa shape index (κ2) is 12.5. The Bertz CT molecular complexity index is 3550. The number of hydrogen-bond donors (Lipinski definition) is 0. The highest BCUT2D eigenvalue weighted by Crippen LogP contribution is 2.42. The fraction of sp³-hybridized carbons (Fsp3) is 0.0189. The average molecular weight is 729 g/mol. The van der Waals surface area contributed by atoms with Crippen LogP contribution < -0.4 is 0 Å². The van der Waals surface area contributed by atoms with Crippen LogP contribution in [0.5, 0.6) is 0 Å². The normalized spacial score (nSPS) is 13.5. The highest BCUT2D eigenvalue weighted by Gasteiger charge is 2.24. The number of allylic oxidation sites excluding steroid dienone is 1. The molecule has 3 heterocycles. The average Bonchev–Trinajstić information content (AvgIpc) is 3.76. The first-order chi connectivity index (χ1) is 28.2. The topological polar surface area (TPSA) is 51.0 Å². The summed E-state index contributed by atoms with van der Waals surface area (Å²) in [6.07, 6.45) is 2.86. The summed E-state index contributed by atoms with van der Waals surface area (Å²) >= 11 is 0. The Morgan fingerprint density at radius 1 is 0.404 bits per heavy atom. The molecule has 12 rings (SSSR count). The van der Waals surface area contributed by atoms with Gasteiger partial charge < -0.3 is 8.83 Å². The van der Waals surface area contributed by atoms with Crippen molar-refractivity contribution in [2.24, 2.45) is 9.98 Å². The molecule has 0 radical (unpaired) electrons. The minimum absolute atomic E-state index is 0.615. The van der Waals surface area contributed by atoms with Crippen LogP contribution in [0, 0.1) is 0 Å². The fourth-order valence-corrected chi connectivity index (χ4v) is 8.87. The van der Waals surface area contributed by atoms with Crippen molar-refractivity contribution in [3.05, 3.63) is 199 Å². The maximum Gasteiger partial charge on any atom is 0.161 e. The Kier molecular flexibility index (Phi) is 6.96. The first-order valence-corrected chi connectivity index (χ1v) is 19.4. The van der Waals surface area contributed by atoms with Gasteiger partial charge in [-0.3, -0.25) is 0 Å². The molecule has 4 heteroatoms. The molecule has 2 aromatic heterocycles. The van der Waals surface area contributed by atoms with Gasteiger partial charge in [-0.2, -0.15) is 0 Å². The van der Waals surface area contributed by atoms with Crippen LogP contribution in [0.25, 0.3) is 93.0 Å². The van der Waals surface area contributed by atoms with Gasteiger partial charge in [0.15, 0.2) is 5.84 Å². The third-order valence-corrected chi connectivity index (χ3v) is 11.5. The van der Waals surface area contributed by atoms with E-state index in [0.29, 0.717) is 12.3 Å². The van der Waals surface area contributed by atoms with Crippen LogP contribution in [0.15, 0.2) is 201 Å². The molecule has 0 saturated carbocycles. The van der Waals surface area contributed by atoms with Gasteiger partial charge in [-0.15, -0.1) is 0 Å². The highest BCUT2D eigenvalue weighted by atomic mass is 16.3. The molecule has 57 heavy (non-hydrogen) atoms. The number of furan rings is 2. The van der Waals surface area contributed by atoms with Crippen LogP contribution in [0.1, 0.15) is 23.1 Å². The molecule has 0 spiro atoms. The van der Waals surface area contributed by atoms with Crippen molar-refractivity contribution in [2.45, 2.75) is 6.42 Å². The molecule has 9 aromatic carbocycles. The molecular weight excluding hydrogens is 697 g/mol. The molecule has 0 N–H and O–H groups in total. The fourth-order valence-electron chi connectivity index (χ4n) is 8.87. The molecule has 1 aliphatic rings. The van der Waals surface area contributed by atoms with Crippen LogP contribution in [0.4, 0.5) is 0 Å². The summed E-state index contributed by atoms with van der Waals surface area (Å²) in [7, 11) is 0. The lowest BCUT2D eigenvalue weighted by molar-refractivity contribution is 0.669. The van der Waals surface area contributed by atoms with E-state index in [2.05, 4.69) is 164 Å². The number of nitrogens with zero attached hydrogens (tertiary/aromatic N) is 2. The first-order valence-electron chi connectivity index (χ1n) is 19.4. The zero-order valence-electron chi connectivity index (χ0n) is 30.7. The third-order valence-electron chi connectivity index (χ3n) is 11.5. The summed E-state index contributed by atoms with van der Waals surface area (Å²) in [4.78, 5) is 11.2. The van der Waals surface area contributed by atoms with E-state index in [4.69, 9.17) is 18.8 Å². The van der Waals surface area contributed by atoms with Gasteiger partial charge in [-0.05, 0) is 86.1 Å². The van der Waals surface area contributed by atoms with Gasteiger partial charge in [-0.25, -0.2) is 9.98 Å². The molecule has 11 aromatic rings. The largest absolute Gasteiger partial charge is 0.456 e. The van der Waals surface area contributed by atoms with Gasteiger partial charge in [0.1, 0.15) is 22.3 Å². The van der Waals surface area contributed by atoms with Gasteiger partial charge in [-0.1, -0.05) is 140 Å². The zero-order chi connectivity index (χ0) is 37.5. The molecular formula is C53H32N2O2. The molecule has 1 aliphatic heterocycles. The number of amidine groups is 1. The van der Waals surface area contributed by atoms with Crippen molar-refractivity contribution in [3.8, 4) is 11.1 Å². The second-order valence-corrected chi connectivity index (χ2v) is 14.8. The smallest absolute Gasteiger partial charge is 0.161 e. The van der Waals surface area contributed by atoms with Gasteiger partial charge >= 0.3 is 0 Å². The minimum atomic E-state index is 0.615. The summed E-state index contributed by atoms with van der Waals surface area (Å²) < 4.78 is 13.3. The molecule has 266 valence electrons. The lowest BCUT2D eigenvalue weighted by Crippen LogP contribution is -2.07. The summed E-state index contributed by atoms with van der Waals surface area (Å²) in [5.41, 5.74) is 10.3. The lowest BCUT2D eigenvalue weighted by Gasteiger charge is -2.14. The Morgan fingerprint density at radius 3 is 2.00 bits per heavy atom. The molecule has 0 amide bonds. The number of benzene rings is 9. The summed E-state index contributed by atoms with van der Waals surface area (Å²) in [6.45, 7) is 0. The van der Waals surface area contributed by atoms with Gasteiger partial charge in [0.2, 0.25) is 0 Å². The van der Waals surface area contributed by atoms with Crippen LogP contribution in [0.3, 0.4) is 0 Å². The Labute approximate surface area is 327 Å². The van der Waals surface area contributed by atoms with Crippen LogP contribution in [-0.4, -0.2) is 11.5 Å². The first kappa shape index (κ1) is 31.8. The molecule has 0 unspecified atom stereocenters. The minimum Gasteiger partial charge on any atom is -0.456 e. The number of aliphatic imine (C=N–C) groups is 2. The quantitative estimate of drug-likeness (QED) is 0.169. The van der Waals surface area contributed by atoms with E-state index in [0.717, 1.165) is 99.3 Å². The Hall–Kier alpha value is -7.56. The van der Waals surface area contributed by atoms with Crippen LogP contribution >= 0.6 is 0 Å². The Morgan fingerprint density at radius 2 is 1.12 bits per heavy atom. The van der Waals surface area contributed by atoms with Crippen LogP contribution in [0.2, 0.25) is 0 Å². The number of fused-ring (bicyclic) bond motifs is 11. The highest BCUT2D eigenvalue weighted by molar-refractivity contribution is 6.26. The van der Waals surface area contributed by atoms with Crippen molar-refractivity contribution < 1.29 is 8.83 Å². The molecule has 0 bridgehead atoms.